The smallest absolute Gasteiger partial charge is 0.325 e. The Labute approximate surface area is 64.1 Å². The van der Waals surface area contributed by atoms with Crippen molar-refractivity contribution < 1.29 is 14.7 Å². The molecule has 11 heavy (non-hydrogen) atoms. The van der Waals surface area contributed by atoms with Crippen LogP contribution in [0.1, 0.15) is 6.92 Å². The minimum Gasteiger partial charge on any atom is -0.387 e. The third kappa shape index (κ3) is 2.81. The summed E-state index contributed by atoms with van der Waals surface area (Å²) >= 11 is 0. The van der Waals surface area contributed by atoms with Crippen molar-refractivity contribution in [2.75, 3.05) is 6.61 Å². The highest BCUT2D eigenvalue weighted by Crippen LogP contribution is 1.90. The van der Waals surface area contributed by atoms with E-state index in [-0.39, 0.29) is 0 Å². The van der Waals surface area contributed by atoms with E-state index in [4.69, 9.17) is 10.8 Å². The highest BCUT2D eigenvalue weighted by atomic mass is 16.3. The summed E-state index contributed by atoms with van der Waals surface area (Å²) in [6.07, 6.45) is 2.67. The highest BCUT2D eigenvalue weighted by Gasteiger charge is 2.13. The lowest BCUT2D eigenvalue weighted by molar-refractivity contribution is -0.128. The van der Waals surface area contributed by atoms with E-state index in [1.807, 2.05) is 0 Å². The van der Waals surface area contributed by atoms with Crippen molar-refractivity contribution in [1.82, 2.24) is 4.90 Å². The van der Waals surface area contributed by atoms with Crippen LogP contribution in [-0.2, 0) is 4.79 Å². The first-order chi connectivity index (χ1) is 5.13. The lowest BCUT2D eigenvalue weighted by Gasteiger charge is -2.10. The van der Waals surface area contributed by atoms with Crippen molar-refractivity contribution in [2.24, 2.45) is 5.73 Å². The van der Waals surface area contributed by atoms with Gasteiger partial charge in [-0.3, -0.25) is 4.79 Å². The van der Waals surface area contributed by atoms with E-state index in [1.54, 1.807) is 6.92 Å². The largest absolute Gasteiger partial charge is 0.387 e. The zero-order valence-electron chi connectivity index (χ0n) is 6.15. The summed E-state index contributed by atoms with van der Waals surface area (Å²) in [5, 5.41) is 8.35. The molecule has 0 rings (SSSR count). The Morgan fingerprint density at radius 2 is 2.18 bits per heavy atom. The fourth-order valence-corrected chi connectivity index (χ4v) is 0.505. The summed E-state index contributed by atoms with van der Waals surface area (Å²) in [6, 6.07) is -0.901. The van der Waals surface area contributed by atoms with Crippen molar-refractivity contribution in [3.63, 3.8) is 0 Å². The van der Waals surface area contributed by atoms with Gasteiger partial charge in [0.1, 0.15) is 6.61 Å². The number of rotatable bonds is 2. The third-order valence-electron chi connectivity index (χ3n) is 0.940. The second kappa shape index (κ2) is 4.45. The number of allylic oxidation sites excluding steroid dienone is 1. The average molecular weight is 158 g/mol. The number of amides is 3. The van der Waals surface area contributed by atoms with Crippen LogP contribution >= 0.6 is 0 Å². The highest BCUT2D eigenvalue weighted by molar-refractivity contribution is 5.95. The second-order valence-corrected chi connectivity index (χ2v) is 1.74. The molecule has 0 aliphatic rings. The van der Waals surface area contributed by atoms with Crippen LogP contribution < -0.4 is 5.73 Å². The Morgan fingerprint density at radius 1 is 1.64 bits per heavy atom. The van der Waals surface area contributed by atoms with E-state index in [1.165, 1.54) is 12.3 Å². The van der Waals surface area contributed by atoms with Gasteiger partial charge in [0.05, 0.1) is 0 Å². The van der Waals surface area contributed by atoms with Gasteiger partial charge in [-0.05, 0) is 6.92 Å². The van der Waals surface area contributed by atoms with Crippen LogP contribution in [-0.4, -0.2) is 28.6 Å². The first-order valence-corrected chi connectivity index (χ1v) is 2.98. The molecular weight excluding hydrogens is 148 g/mol. The summed E-state index contributed by atoms with van der Waals surface area (Å²) in [4.78, 5) is 21.8. The van der Waals surface area contributed by atoms with E-state index in [0.29, 0.717) is 4.90 Å². The van der Waals surface area contributed by atoms with Crippen LogP contribution in [0, 0.1) is 0 Å². The SMILES string of the molecule is CC=CN(C(N)=O)C(=O)CO. The Hall–Kier alpha value is -1.36. The zero-order valence-corrected chi connectivity index (χ0v) is 6.15. The number of hydrogen-bond donors (Lipinski definition) is 2. The van der Waals surface area contributed by atoms with Gasteiger partial charge in [-0.1, -0.05) is 6.08 Å². The molecule has 0 aliphatic carbocycles. The standard InChI is InChI=1S/C6H10N2O3/c1-2-3-8(6(7)11)5(10)4-9/h2-3,9H,4H2,1H3,(H2,7,11). The van der Waals surface area contributed by atoms with Crippen LogP contribution in [0.5, 0.6) is 0 Å². The van der Waals surface area contributed by atoms with Crippen LogP contribution in [0.25, 0.3) is 0 Å². The van der Waals surface area contributed by atoms with Crippen LogP contribution in [0.3, 0.4) is 0 Å². The van der Waals surface area contributed by atoms with Gasteiger partial charge >= 0.3 is 6.03 Å². The van der Waals surface area contributed by atoms with Gasteiger partial charge in [0.25, 0.3) is 5.91 Å². The van der Waals surface area contributed by atoms with Crippen LogP contribution in [0.15, 0.2) is 12.3 Å². The molecule has 0 fully saturated rings. The number of nitrogens with two attached hydrogens (primary N) is 1. The van der Waals surface area contributed by atoms with Gasteiger partial charge in [0.2, 0.25) is 0 Å². The Kier molecular flexibility index (Phi) is 3.90. The number of carbonyl (C=O) groups is 2. The number of primary amides is 1. The van der Waals surface area contributed by atoms with E-state index < -0.39 is 18.5 Å². The monoisotopic (exact) mass is 158 g/mol. The number of imide groups is 1. The number of nitrogens with zero attached hydrogens (tertiary/aromatic N) is 1. The minimum absolute atomic E-state index is 0.639. The Balaban J connectivity index is 4.34. The van der Waals surface area contributed by atoms with Crippen molar-refractivity contribution in [1.29, 1.82) is 0 Å². The Bertz CT molecular complexity index is 188. The maximum Gasteiger partial charge on any atom is 0.325 e. The van der Waals surface area contributed by atoms with E-state index in [2.05, 4.69) is 0 Å². The fourth-order valence-electron chi connectivity index (χ4n) is 0.505. The van der Waals surface area contributed by atoms with Gasteiger partial charge in [-0.25, -0.2) is 9.69 Å². The second-order valence-electron chi connectivity index (χ2n) is 1.74. The normalized spacial score (nSPS) is 10.0. The van der Waals surface area contributed by atoms with Gasteiger partial charge in [0.15, 0.2) is 0 Å². The fraction of sp³-hybridized carbons (Fsp3) is 0.333. The number of carbonyl (C=O) groups excluding carboxylic acids is 2. The molecule has 0 spiro atoms. The molecule has 3 N–H and O–H groups in total. The summed E-state index contributed by atoms with van der Waals surface area (Å²) in [5.74, 6) is -0.740. The number of hydrogen-bond acceptors (Lipinski definition) is 3. The van der Waals surface area contributed by atoms with Gasteiger partial charge in [-0.15, -0.1) is 0 Å². The number of aliphatic hydroxyl groups excluding tert-OH is 1. The first-order valence-electron chi connectivity index (χ1n) is 2.98. The minimum atomic E-state index is -0.901. The summed E-state index contributed by atoms with van der Waals surface area (Å²) < 4.78 is 0. The molecule has 0 unspecified atom stereocenters. The molecule has 0 atom stereocenters. The maximum atomic E-state index is 10.7. The van der Waals surface area contributed by atoms with E-state index >= 15 is 0 Å². The molecule has 0 aromatic rings. The molecule has 5 heteroatoms. The summed E-state index contributed by atoms with van der Waals surface area (Å²) in [7, 11) is 0. The summed E-state index contributed by atoms with van der Waals surface area (Å²) in [6.45, 7) is 0.897. The molecule has 0 aromatic heterocycles. The van der Waals surface area contributed by atoms with Crippen LogP contribution in [0.4, 0.5) is 4.79 Å². The lowest BCUT2D eigenvalue weighted by Crippen LogP contribution is -2.38. The topological polar surface area (TPSA) is 83.6 Å². The molecule has 5 nitrogen and oxygen atoms in total. The predicted molar refractivity (Wildman–Crippen MR) is 38.3 cm³/mol. The molecule has 0 saturated carbocycles. The molecule has 0 heterocycles. The number of aliphatic hydroxyl groups is 1. The quantitative estimate of drug-likeness (QED) is 0.563. The van der Waals surface area contributed by atoms with Gasteiger partial charge in [-0.2, -0.15) is 0 Å². The average Bonchev–Trinajstić information content (AvgIpc) is 1.98. The predicted octanol–water partition coefficient (Wildman–Crippen LogP) is -0.580. The van der Waals surface area contributed by atoms with Crippen LogP contribution in [0.2, 0.25) is 0 Å². The number of urea groups is 1. The van der Waals surface area contributed by atoms with Gasteiger partial charge in [0, 0.05) is 6.20 Å². The Morgan fingerprint density at radius 3 is 2.45 bits per heavy atom. The van der Waals surface area contributed by atoms with Crippen molar-refractivity contribution in [3.05, 3.63) is 12.3 Å². The van der Waals surface area contributed by atoms with E-state index in [0.717, 1.165) is 0 Å². The lowest BCUT2D eigenvalue weighted by atomic mass is 10.5. The molecular formula is C6H10N2O3. The third-order valence-corrected chi connectivity index (χ3v) is 0.940. The summed E-state index contributed by atoms with van der Waals surface area (Å²) in [5.41, 5.74) is 4.80. The molecule has 0 radical (unpaired) electrons. The molecule has 0 aliphatic heterocycles. The van der Waals surface area contributed by atoms with Crippen molar-refractivity contribution in [3.8, 4) is 0 Å². The zero-order chi connectivity index (χ0) is 8.85. The van der Waals surface area contributed by atoms with E-state index in [9.17, 15) is 9.59 Å². The molecule has 0 aromatic carbocycles. The van der Waals surface area contributed by atoms with Crippen molar-refractivity contribution >= 4 is 11.9 Å². The molecule has 3 amide bonds. The molecule has 0 saturated heterocycles. The molecule has 0 bridgehead atoms. The maximum absolute atomic E-state index is 10.7. The van der Waals surface area contributed by atoms with Gasteiger partial charge < -0.3 is 10.8 Å². The molecule has 62 valence electrons. The van der Waals surface area contributed by atoms with Crippen molar-refractivity contribution in [2.45, 2.75) is 6.92 Å². The first kappa shape index (κ1) is 9.64.